The molecule has 0 aliphatic rings. The minimum atomic E-state index is -3.78. The van der Waals surface area contributed by atoms with E-state index < -0.39 is 15.9 Å². The summed E-state index contributed by atoms with van der Waals surface area (Å²) in [5.41, 5.74) is 0.940. The van der Waals surface area contributed by atoms with Crippen molar-refractivity contribution in [2.45, 2.75) is 0 Å². The molecule has 0 aromatic heterocycles. The summed E-state index contributed by atoms with van der Waals surface area (Å²) in [6.07, 6.45) is 3.77. The van der Waals surface area contributed by atoms with Gasteiger partial charge in [-0.25, -0.2) is 12.7 Å². The van der Waals surface area contributed by atoms with Gasteiger partial charge in [-0.1, -0.05) is 54.6 Å². The van der Waals surface area contributed by atoms with Crippen LogP contribution in [-0.4, -0.2) is 20.6 Å². The standard InChI is InChI=1S/C22H19NO4S/c1-28(25,26)23(19-11-4-2-5-12-19)22(24)17-16-18-10-8-9-15-21(18)27-20-13-6-3-7-14-20/h2-17H,1H3/b17-16+. The minimum Gasteiger partial charge on any atom is -0.457 e. The summed E-state index contributed by atoms with van der Waals surface area (Å²) in [5, 5.41) is 0. The van der Waals surface area contributed by atoms with Gasteiger partial charge in [0.1, 0.15) is 11.5 Å². The highest BCUT2D eigenvalue weighted by Crippen LogP contribution is 2.26. The Morgan fingerprint density at radius 1 is 0.857 bits per heavy atom. The van der Waals surface area contributed by atoms with Gasteiger partial charge in [0.2, 0.25) is 10.0 Å². The Kier molecular flexibility index (Phi) is 5.91. The molecular weight excluding hydrogens is 374 g/mol. The first-order valence-corrected chi connectivity index (χ1v) is 10.4. The van der Waals surface area contributed by atoms with Crippen LogP contribution in [-0.2, 0) is 14.8 Å². The van der Waals surface area contributed by atoms with Crippen LogP contribution in [0.25, 0.3) is 6.08 Å². The van der Waals surface area contributed by atoms with Gasteiger partial charge < -0.3 is 4.74 Å². The molecule has 0 radical (unpaired) electrons. The third-order valence-electron chi connectivity index (χ3n) is 3.82. The zero-order valence-electron chi connectivity index (χ0n) is 15.2. The van der Waals surface area contributed by atoms with Crippen molar-refractivity contribution < 1.29 is 17.9 Å². The van der Waals surface area contributed by atoms with Gasteiger partial charge in [-0.05, 0) is 36.4 Å². The van der Waals surface area contributed by atoms with Gasteiger partial charge in [-0.2, -0.15) is 0 Å². The maximum atomic E-state index is 12.7. The largest absolute Gasteiger partial charge is 0.457 e. The van der Waals surface area contributed by atoms with E-state index in [1.165, 1.54) is 6.08 Å². The van der Waals surface area contributed by atoms with Crippen LogP contribution in [0.4, 0.5) is 5.69 Å². The van der Waals surface area contributed by atoms with Gasteiger partial charge in [0.15, 0.2) is 0 Å². The van der Waals surface area contributed by atoms with E-state index >= 15 is 0 Å². The van der Waals surface area contributed by atoms with E-state index in [4.69, 9.17) is 4.74 Å². The van der Waals surface area contributed by atoms with Crippen molar-refractivity contribution >= 4 is 27.7 Å². The van der Waals surface area contributed by atoms with Crippen LogP contribution in [0.15, 0.2) is 91.0 Å². The van der Waals surface area contributed by atoms with Crippen molar-refractivity contribution in [3.8, 4) is 11.5 Å². The Hall–Kier alpha value is -3.38. The van der Waals surface area contributed by atoms with Crippen molar-refractivity contribution in [1.82, 2.24) is 0 Å². The topological polar surface area (TPSA) is 63.7 Å². The van der Waals surface area contributed by atoms with Crippen molar-refractivity contribution in [1.29, 1.82) is 0 Å². The molecule has 6 heteroatoms. The molecule has 0 heterocycles. The van der Waals surface area contributed by atoms with E-state index in [9.17, 15) is 13.2 Å². The fraction of sp³-hybridized carbons (Fsp3) is 0.0455. The number of carbonyl (C=O) groups excluding carboxylic acids is 1. The van der Waals surface area contributed by atoms with Gasteiger partial charge in [-0.3, -0.25) is 4.79 Å². The lowest BCUT2D eigenvalue weighted by atomic mass is 10.2. The van der Waals surface area contributed by atoms with Gasteiger partial charge >= 0.3 is 0 Å². The molecule has 0 fully saturated rings. The predicted molar refractivity (Wildman–Crippen MR) is 111 cm³/mol. The molecule has 0 bridgehead atoms. The maximum Gasteiger partial charge on any atom is 0.264 e. The van der Waals surface area contributed by atoms with E-state index in [1.807, 2.05) is 42.5 Å². The fourth-order valence-corrected chi connectivity index (χ4v) is 3.49. The number of hydrogen-bond acceptors (Lipinski definition) is 4. The molecule has 0 atom stereocenters. The Morgan fingerprint density at radius 3 is 2.07 bits per heavy atom. The molecule has 142 valence electrons. The second-order valence-corrected chi connectivity index (χ2v) is 7.82. The third-order valence-corrected chi connectivity index (χ3v) is 4.87. The zero-order valence-corrected chi connectivity index (χ0v) is 16.0. The van der Waals surface area contributed by atoms with Crippen molar-refractivity contribution in [3.05, 3.63) is 96.6 Å². The number of amides is 1. The summed E-state index contributed by atoms with van der Waals surface area (Å²) in [5.74, 6) is 0.559. The molecular formula is C22H19NO4S. The normalized spacial score (nSPS) is 11.3. The molecule has 0 N–H and O–H groups in total. The molecule has 0 aliphatic heterocycles. The quantitative estimate of drug-likeness (QED) is 0.579. The molecule has 5 nitrogen and oxygen atoms in total. The van der Waals surface area contributed by atoms with Crippen LogP contribution in [0, 0.1) is 0 Å². The SMILES string of the molecule is CS(=O)(=O)N(C(=O)/C=C/c1ccccc1Oc1ccccc1)c1ccccc1. The first kappa shape index (κ1) is 19.4. The molecule has 0 spiro atoms. The molecule has 0 saturated carbocycles. The minimum absolute atomic E-state index is 0.286. The Bertz CT molecular complexity index is 1080. The van der Waals surface area contributed by atoms with Gasteiger partial charge in [0, 0.05) is 11.6 Å². The smallest absolute Gasteiger partial charge is 0.264 e. The van der Waals surface area contributed by atoms with Crippen LogP contribution in [0.3, 0.4) is 0 Å². The molecule has 1 amide bonds. The zero-order chi connectivity index (χ0) is 20.0. The van der Waals surface area contributed by atoms with Crippen LogP contribution < -0.4 is 9.04 Å². The van der Waals surface area contributed by atoms with Gasteiger partial charge in [0.05, 0.1) is 11.9 Å². The molecule has 0 unspecified atom stereocenters. The van der Waals surface area contributed by atoms with Crippen LogP contribution in [0.5, 0.6) is 11.5 Å². The summed E-state index contributed by atoms with van der Waals surface area (Å²) in [4.78, 5) is 12.7. The molecule has 3 aromatic rings. The average molecular weight is 393 g/mol. The monoisotopic (exact) mass is 393 g/mol. The molecule has 0 saturated heterocycles. The van der Waals surface area contributed by atoms with Crippen molar-refractivity contribution in [2.75, 3.05) is 10.6 Å². The third kappa shape index (κ3) is 4.86. The molecule has 0 aliphatic carbocycles. The van der Waals surface area contributed by atoms with Crippen molar-refractivity contribution in [3.63, 3.8) is 0 Å². The fourth-order valence-electron chi connectivity index (χ4n) is 2.60. The lowest BCUT2D eigenvalue weighted by Crippen LogP contribution is -2.34. The maximum absolute atomic E-state index is 12.7. The van der Waals surface area contributed by atoms with E-state index in [0.717, 1.165) is 10.6 Å². The highest BCUT2D eigenvalue weighted by Gasteiger charge is 2.23. The number of benzene rings is 3. The number of nitrogens with zero attached hydrogens (tertiary/aromatic N) is 1. The second-order valence-electron chi connectivity index (χ2n) is 5.99. The Morgan fingerprint density at radius 2 is 1.43 bits per heavy atom. The number of sulfonamides is 1. The summed E-state index contributed by atoms with van der Waals surface area (Å²) in [6.45, 7) is 0. The number of hydrogen-bond donors (Lipinski definition) is 0. The highest BCUT2D eigenvalue weighted by atomic mass is 32.2. The lowest BCUT2D eigenvalue weighted by molar-refractivity contribution is -0.113. The van der Waals surface area contributed by atoms with E-state index in [1.54, 1.807) is 48.5 Å². The number of rotatable bonds is 6. The Balaban J connectivity index is 1.88. The van der Waals surface area contributed by atoms with Crippen molar-refractivity contribution in [2.24, 2.45) is 0 Å². The Labute approximate surface area is 164 Å². The van der Waals surface area contributed by atoms with E-state index in [-0.39, 0.29) is 5.69 Å². The van der Waals surface area contributed by atoms with E-state index in [0.29, 0.717) is 17.1 Å². The summed E-state index contributed by atoms with van der Waals surface area (Å²) in [7, 11) is -3.78. The number of para-hydroxylation sites is 3. The van der Waals surface area contributed by atoms with Crippen LogP contribution >= 0.6 is 0 Å². The molecule has 28 heavy (non-hydrogen) atoms. The number of carbonyl (C=O) groups is 1. The van der Waals surface area contributed by atoms with E-state index in [2.05, 4.69) is 0 Å². The number of ether oxygens (including phenoxy) is 1. The summed E-state index contributed by atoms with van der Waals surface area (Å²) < 4.78 is 30.9. The summed E-state index contributed by atoms with van der Waals surface area (Å²) in [6, 6.07) is 24.7. The molecule has 3 aromatic carbocycles. The summed E-state index contributed by atoms with van der Waals surface area (Å²) >= 11 is 0. The lowest BCUT2D eigenvalue weighted by Gasteiger charge is -2.18. The second kappa shape index (κ2) is 8.54. The predicted octanol–water partition coefficient (Wildman–Crippen LogP) is 4.48. The van der Waals surface area contributed by atoms with Gasteiger partial charge in [0.25, 0.3) is 5.91 Å². The van der Waals surface area contributed by atoms with Crippen LogP contribution in [0.2, 0.25) is 0 Å². The average Bonchev–Trinajstić information content (AvgIpc) is 2.68. The molecule has 3 rings (SSSR count). The highest BCUT2D eigenvalue weighted by molar-refractivity contribution is 7.92. The first-order valence-electron chi connectivity index (χ1n) is 8.54. The van der Waals surface area contributed by atoms with Crippen LogP contribution in [0.1, 0.15) is 5.56 Å². The first-order chi connectivity index (χ1) is 13.4. The number of anilines is 1. The van der Waals surface area contributed by atoms with Gasteiger partial charge in [-0.15, -0.1) is 0 Å².